The normalized spacial score (nSPS) is 10.5. The summed E-state index contributed by atoms with van der Waals surface area (Å²) in [4.78, 5) is 4.02. The van der Waals surface area contributed by atoms with Gasteiger partial charge in [0.25, 0.3) is 0 Å². The van der Waals surface area contributed by atoms with Gasteiger partial charge in [-0.05, 0) is 47.9 Å². The summed E-state index contributed by atoms with van der Waals surface area (Å²) >= 11 is 0. The number of aryl methyl sites for hydroxylation is 1. The molecule has 1 N–H and O–H groups in total. The number of hydrogen-bond acceptors (Lipinski definition) is 3. The second-order valence-corrected chi connectivity index (χ2v) is 5.88. The Morgan fingerprint density at radius 1 is 0.833 bits per heavy atom. The van der Waals surface area contributed by atoms with Gasteiger partial charge in [0.05, 0.1) is 0 Å². The van der Waals surface area contributed by atoms with Gasteiger partial charge < -0.3 is 10.1 Å². The maximum atomic E-state index is 5.85. The molecule has 0 amide bonds. The van der Waals surface area contributed by atoms with Crippen molar-refractivity contribution >= 4 is 0 Å². The number of pyridine rings is 1. The standard InChI is InChI=1S/C21H22N2O/c1-17-3-2-4-20(13-17)16-24-21-7-5-18(6-8-21)14-23-15-19-9-11-22-12-10-19/h2-13,23H,14-16H2,1H3. The van der Waals surface area contributed by atoms with Gasteiger partial charge in [-0.3, -0.25) is 4.98 Å². The van der Waals surface area contributed by atoms with E-state index in [1.165, 1.54) is 22.3 Å². The molecule has 0 aliphatic heterocycles. The Bertz CT molecular complexity index is 754. The van der Waals surface area contributed by atoms with E-state index < -0.39 is 0 Å². The molecular weight excluding hydrogens is 296 g/mol. The summed E-state index contributed by atoms with van der Waals surface area (Å²) in [5.74, 6) is 0.898. The van der Waals surface area contributed by atoms with Gasteiger partial charge in [-0.25, -0.2) is 0 Å². The first-order valence-corrected chi connectivity index (χ1v) is 8.16. The highest BCUT2D eigenvalue weighted by atomic mass is 16.5. The van der Waals surface area contributed by atoms with Gasteiger partial charge in [-0.1, -0.05) is 42.0 Å². The Hall–Kier alpha value is -2.65. The van der Waals surface area contributed by atoms with Crippen LogP contribution in [0.15, 0.2) is 73.1 Å². The van der Waals surface area contributed by atoms with E-state index in [2.05, 4.69) is 53.6 Å². The predicted octanol–water partition coefficient (Wildman–Crippen LogP) is 4.26. The molecule has 0 aliphatic carbocycles. The van der Waals surface area contributed by atoms with Crippen LogP contribution < -0.4 is 10.1 Å². The van der Waals surface area contributed by atoms with E-state index >= 15 is 0 Å². The van der Waals surface area contributed by atoms with Crippen LogP contribution in [0, 0.1) is 6.92 Å². The molecule has 0 atom stereocenters. The maximum Gasteiger partial charge on any atom is 0.119 e. The zero-order chi connectivity index (χ0) is 16.6. The molecule has 1 aromatic heterocycles. The average Bonchev–Trinajstić information content (AvgIpc) is 2.62. The van der Waals surface area contributed by atoms with Crippen LogP contribution in [0.25, 0.3) is 0 Å². The molecule has 122 valence electrons. The van der Waals surface area contributed by atoms with E-state index in [9.17, 15) is 0 Å². The van der Waals surface area contributed by atoms with Gasteiger partial charge in [0.15, 0.2) is 0 Å². The highest BCUT2D eigenvalue weighted by molar-refractivity contribution is 5.28. The van der Waals surface area contributed by atoms with Crippen molar-refractivity contribution in [2.24, 2.45) is 0 Å². The first-order chi connectivity index (χ1) is 11.8. The molecule has 2 aromatic carbocycles. The lowest BCUT2D eigenvalue weighted by atomic mass is 10.1. The molecule has 0 fully saturated rings. The maximum absolute atomic E-state index is 5.85. The van der Waals surface area contributed by atoms with Crippen molar-refractivity contribution in [3.8, 4) is 5.75 Å². The van der Waals surface area contributed by atoms with Crippen LogP contribution in [0.1, 0.15) is 22.3 Å². The first-order valence-electron chi connectivity index (χ1n) is 8.16. The molecule has 3 nitrogen and oxygen atoms in total. The molecule has 0 saturated carbocycles. The minimum absolute atomic E-state index is 0.599. The summed E-state index contributed by atoms with van der Waals surface area (Å²) < 4.78 is 5.85. The van der Waals surface area contributed by atoms with E-state index in [0.29, 0.717) is 6.61 Å². The highest BCUT2D eigenvalue weighted by Crippen LogP contribution is 2.15. The van der Waals surface area contributed by atoms with Crippen molar-refractivity contribution in [1.29, 1.82) is 0 Å². The summed E-state index contributed by atoms with van der Waals surface area (Å²) in [5, 5.41) is 3.43. The van der Waals surface area contributed by atoms with Gasteiger partial charge in [0, 0.05) is 25.5 Å². The van der Waals surface area contributed by atoms with Crippen molar-refractivity contribution in [2.45, 2.75) is 26.6 Å². The molecule has 0 radical (unpaired) electrons. The lowest BCUT2D eigenvalue weighted by Crippen LogP contribution is -2.12. The molecule has 3 aromatic rings. The summed E-state index contributed by atoms with van der Waals surface area (Å²) in [7, 11) is 0. The molecule has 24 heavy (non-hydrogen) atoms. The number of nitrogens with zero attached hydrogens (tertiary/aromatic N) is 1. The molecule has 0 aliphatic rings. The van der Waals surface area contributed by atoms with Crippen LogP contribution in [0.2, 0.25) is 0 Å². The summed E-state index contributed by atoms with van der Waals surface area (Å²) in [5.41, 5.74) is 4.93. The van der Waals surface area contributed by atoms with Crippen LogP contribution in [0.3, 0.4) is 0 Å². The SMILES string of the molecule is Cc1cccc(COc2ccc(CNCc3ccncc3)cc2)c1. The van der Waals surface area contributed by atoms with Gasteiger partial charge in [-0.2, -0.15) is 0 Å². The fourth-order valence-corrected chi connectivity index (χ4v) is 2.52. The third kappa shape index (κ3) is 4.93. The van der Waals surface area contributed by atoms with Gasteiger partial charge in [-0.15, -0.1) is 0 Å². The largest absolute Gasteiger partial charge is 0.489 e. The van der Waals surface area contributed by atoms with Crippen LogP contribution >= 0.6 is 0 Å². The number of aromatic nitrogens is 1. The number of nitrogens with one attached hydrogen (secondary N) is 1. The molecule has 3 rings (SSSR count). The summed E-state index contributed by atoms with van der Waals surface area (Å²) in [6.07, 6.45) is 3.63. The molecule has 0 bridgehead atoms. The second-order valence-electron chi connectivity index (χ2n) is 5.88. The Morgan fingerprint density at radius 2 is 1.54 bits per heavy atom. The zero-order valence-corrected chi connectivity index (χ0v) is 13.9. The Balaban J connectivity index is 1.46. The topological polar surface area (TPSA) is 34.1 Å². The van der Waals surface area contributed by atoms with Crippen LogP contribution in [0.5, 0.6) is 5.75 Å². The van der Waals surface area contributed by atoms with Gasteiger partial charge >= 0.3 is 0 Å². The fraction of sp³-hybridized carbons (Fsp3) is 0.190. The van der Waals surface area contributed by atoms with E-state index in [1.807, 2.05) is 36.7 Å². The lowest BCUT2D eigenvalue weighted by molar-refractivity contribution is 0.306. The minimum atomic E-state index is 0.599. The second kappa shape index (κ2) is 8.27. The number of ether oxygens (including phenoxy) is 1. The third-order valence-electron chi connectivity index (χ3n) is 3.82. The number of hydrogen-bond donors (Lipinski definition) is 1. The quantitative estimate of drug-likeness (QED) is 0.707. The van der Waals surface area contributed by atoms with Crippen molar-refractivity contribution < 1.29 is 4.74 Å². The zero-order valence-electron chi connectivity index (χ0n) is 13.9. The van der Waals surface area contributed by atoms with E-state index in [0.717, 1.165) is 18.8 Å². The Labute approximate surface area is 143 Å². The summed E-state index contributed by atoms with van der Waals surface area (Å²) in [6, 6.07) is 20.7. The van der Waals surface area contributed by atoms with Crippen LogP contribution in [-0.2, 0) is 19.7 Å². The molecule has 0 saturated heterocycles. The van der Waals surface area contributed by atoms with Crippen molar-refractivity contribution in [1.82, 2.24) is 10.3 Å². The number of rotatable bonds is 7. The molecule has 0 unspecified atom stereocenters. The van der Waals surface area contributed by atoms with E-state index in [4.69, 9.17) is 4.74 Å². The molecule has 3 heteroatoms. The smallest absolute Gasteiger partial charge is 0.119 e. The molecule has 0 spiro atoms. The van der Waals surface area contributed by atoms with Crippen LogP contribution in [0.4, 0.5) is 0 Å². The first kappa shape index (κ1) is 16.2. The minimum Gasteiger partial charge on any atom is -0.489 e. The van der Waals surface area contributed by atoms with E-state index in [-0.39, 0.29) is 0 Å². The average molecular weight is 318 g/mol. The van der Waals surface area contributed by atoms with Gasteiger partial charge in [0.1, 0.15) is 12.4 Å². The fourth-order valence-electron chi connectivity index (χ4n) is 2.52. The third-order valence-corrected chi connectivity index (χ3v) is 3.82. The lowest BCUT2D eigenvalue weighted by Gasteiger charge is -2.09. The van der Waals surface area contributed by atoms with Crippen molar-refractivity contribution in [3.63, 3.8) is 0 Å². The Kier molecular flexibility index (Phi) is 5.59. The Morgan fingerprint density at radius 3 is 2.25 bits per heavy atom. The van der Waals surface area contributed by atoms with Crippen molar-refractivity contribution in [3.05, 3.63) is 95.3 Å². The highest BCUT2D eigenvalue weighted by Gasteiger charge is 1.98. The summed E-state index contributed by atoms with van der Waals surface area (Å²) in [6.45, 7) is 4.37. The van der Waals surface area contributed by atoms with Crippen molar-refractivity contribution in [2.75, 3.05) is 0 Å². The molecular formula is C21H22N2O. The molecule has 1 heterocycles. The monoisotopic (exact) mass is 318 g/mol. The van der Waals surface area contributed by atoms with Crippen LogP contribution in [-0.4, -0.2) is 4.98 Å². The van der Waals surface area contributed by atoms with E-state index in [1.54, 1.807) is 0 Å². The number of benzene rings is 2. The van der Waals surface area contributed by atoms with Gasteiger partial charge in [0.2, 0.25) is 0 Å². The predicted molar refractivity (Wildman–Crippen MR) is 96.7 cm³/mol.